The first-order valence-corrected chi connectivity index (χ1v) is 9.54. The lowest BCUT2D eigenvalue weighted by Gasteiger charge is -2.16. The van der Waals surface area contributed by atoms with Crippen molar-refractivity contribution >= 4 is 10.9 Å². The van der Waals surface area contributed by atoms with Crippen LogP contribution in [0.1, 0.15) is 50.3 Å². The summed E-state index contributed by atoms with van der Waals surface area (Å²) >= 11 is 0. The van der Waals surface area contributed by atoms with Crippen LogP contribution in [0.2, 0.25) is 0 Å². The van der Waals surface area contributed by atoms with Gasteiger partial charge in [0, 0.05) is 12.4 Å². The van der Waals surface area contributed by atoms with Gasteiger partial charge in [-0.2, -0.15) is 5.10 Å². The average molecular weight is 335 g/mol. The number of hydrogen-bond acceptors (Lipinski definition) is 1. The van der Waals surface area contributed by atoms with E-state index in [1.807, 2.05) is 17.9 Å². The van der Waals surface area contributed by atoms with E-state index in [4.69, 9.17) is 0 Å². The number of rotatable bonds is 6. The maximum absolute atomic E-state index is 4.39. The second-order valence-electron chi connectivity index (χ2n) is 7.66. The lowest BCUT2D eigenvalue weighted by atomic mass is 9.89. The van der Waals surface area contributed by atoms with Gasteiger partial charge in [0.2, 0.25) is 0 Å². The number of hydrogen-bond donors (Lipinski definition) is 0. The van der Waals surface area contributed by atoms with Crippen LogP contribution in [0.3, 0.4) is 0 Å². The quantitative estimate of drug-likeness (QED) is 0.533. The predicted octanol–water partition coefficient (Wildman–Crippen LogP) is 6.09. The molecule has 3 aromatic rings. The lowest BCUT2D eigenvalue weighted by Crippen LogP contribution is -1.99. The zero-order chi connectivity index (χ0) is 18.0. The van der Waals surface area contributed by atoms with Crippen LogP contribution in [0.25, 0.3) is 22.0 Å². The fourth-order valence-corrected chi connectivity index (χ4v) is 3.60. The van der Waals surface area contributed by atoms with E-state index in [9.17, 15) is 0 Å². The largest absolute Gasteiger partial charge is 0.268 e. The number of benzene rings is 2. The first-order valence-electron chi connectivity index (χ1n) is 9.54. The Hall–Kier alpha value is -2.09. The third kappa shape index (κ3) is 3.78. The average Bonchev–Trinajstić information content (AvgIpc) is 2.95. The van der Waals surface area contributed by atoms with Crippen LogP contribution in [0.5, 0.6) is 0 Å². The van der Waals surface area contributed by atoms with Crippen molar-refractivity contribution in [2.75, 3.05) is 0 Å². The number of fused-ring (bicyclic) bond motifs is 1. The molecule has 0 saturated carbocycles. The van der Waals surface area contributed by atoms with Gasteiger partial charge >= 0.3 is 0 Å². The van der Waals surface area contributed by atoms with Crippen LogP contribution in [-0.4, -0.2) is 9.78 Å². The molecule has 0 atom stereocenters. The molecule has 0 saturated heterocycles. The van der Waals surface area contributed by atoms with Crippen molar-refractivity contribution in [3.63, 3.8) is 0 Å². The summed E-state index contributed by atoms with van der Waals surface area (Å²) in [6.45, 7) is 9.13. The van der Waals surface area contributed by atoms with E-state index >= 15 is 0 Å². The second-order valence-corrected chi connectivity index (χ2v) is 7.66. The topological polar surface area (TPSA) is 17.8 Å². The van der Waals surface area contributed by atoms with Gasteiger partial charge in [-0.25, -0.2) is 0 Å². The van der Waals surface area contributed by atoms with Gasteiger partial charge in [-0.1, -0.05) is 45.4 Å². The Morgan fingerprint density at radius 3 is 2.56 bits per heavy atom. The van der Waals surface area contributed by atoms with E-state index in [0.29, 0.717) is 0 Å². The van der Waals surface area contributed by atoms with E-state index < -0.39 is 0 Å². The Kier molecular flexibility index (Phi) is 5.27. The highest BCUT2D eigenvalue weighted by Crippen LogP contribution is 2.31. The number of aryl methyl sites for hydroxylation is 4. The van der Waals surface area contributed by atoms with Crippen LogP contribution < -0.4 is 0 Å². The van der Waals surface area contributed by atoms with Gasteiger partial charge in [0.1, 0.15) is 0 Å². The van der Waals surface area contributed by atoms with Crippen molar-refractivity contribution in [1.29, 1.82) is 0 Å². The van der Waals surface area contributed by atoms with E-state index in [1.54, 1.807) is 0 Å². The van der Waals surface area contributed by atoms with Crippen molar-refractivity contribution < 1.29 is 0 Å². The maximum Gasteiger partial charge on any atom is 0.0679 e. The summed E-state index contributed by atoms with van der Waals surface area (Å²) < 4.78 is 1.94. The fraction of sp³-hybridized carbons (Fsp3) is 0.435. The molecule has 3 rings (SSSR count). The Morgan fingerprint density at radius 2 is 1.84 bits per heavy atom. The second kappa shape index (κ2) is 7.43. The van der Waals surface area contributed by atoms with Crippen molar-refractivity contribution in [1.82, 2.24) is 9.78 Å². The van der Waals surface area contributed by atoms with Crippen molar-refractivity contribution in [2.45, 2.75) is 53.4 Å². The molecule has 2 aromatic carbocycles. The summed E-state index contributed by atoms with van der Waals surface area (Å²) in [6, 6.07) is 11.6. The summed E-state index contributed by atoms with van der Waals surface area (Å²) in [5, 5.41) is 5.61. The molecule has 0 N–H and O–H groups in total. The molecule has 0 unspecified atom stereocenters. The maximum atomic E-state index is 4.39. The Bertz CT molecular complexity index is 871. The SMILES string of the molecule is CCCc1cc(-c2ccc3c(cnn3C)c2)c(CCC(C)C)cc1C. The third-order valence-corrected chi connectivity index (χ3v) is 5.13. The Morgan fingerprint density at radius 1 is 1.04 bits per heavy atom. The molecule has 2 heteroatoms. The van der Waals surface area contributed by atoms with Crippen molar-refractivity contribution in [3.8, 4) is 11.1 Å². The highest BCUT2D eigenvalue weighted by Gasteiger charge is 2.11. The Balaban J connectivity index is 2.10. The summed E-state index contributed by atoms with van der Waals surface area (Å²) in [7, 11) is 2.00. The predicted molar refractivity (Wildman–Crippen MR) is 108 cm³/mol. The van der Waals surface area contributed by atoms with Gasteiger partial charge in [0.05, 0.1) is 11.7 Å². The third-order valence-electron chi connectivity index (χ3n) is 5.13. The van der Waals surface area contributed by atoms with Crippen LogP contribution in [0, 0.1) is 12.8 Å². The minimum atomic E-state index is 0.726. The molecule has 25 heavy (non-hydrogen) atoms. The molecule has 0 radical (unpaired) electrons. The monoisotopic (exact) mass is 334 g/mol. The number of aromatic nitrogens is 2. The molecule has 1 heterocycles. The van der Waals surface area contributed by atoms with E-state index in [-0.39, 0.29) is 0 Å². The normalized spacial score (nSPS) is 11.6. The van der Waals surface area contributed by atoms with Crippen molar-refractivity contribution in [2.24, 2.45) is 13.0 Å². The smallest absolute Gasteiger partial charge is 0.0679 e. The molecule has 0 aliphatic carbocycles. The fourth-order valence-electron chi connectivity index (χ4n) is 3.60. The van der Waals surface area contributed by atoms with Gasteiger partial charge in [0.15, 0.2) is 0 Å². The summed E-state index contributed by atoms with van der Waals surface area (Å²) in [4.78, 5) is 0. The molecule has 0 aliphatic rings. The van der Waals surface area contributed by atoms with Crippen LogP contribution in [-0.2, 0) is 19.9 Å². The first-order chi connectivity index (χ1) is 12.0. The molecule has 0 aliphatic heterocycles. The minimum Gasteiger partial charge on any atom is -0.268 e. The van der Waals surface area contributed by atoms with Gasteiger partial charge < -0.3 is 0 Å². The lowest BCUT2D eigenvalue weighted by molar-refractivity contribution is 0.587. The molecular formula is C23H30N2. The van der Waals surface area contributed by atoms with Gasteiger partial charge in [0.25, 0.3) is 0 Å². The number of nitrogens with zero attached hydrogens (tertiary/aromatic N) is 2. The van der Waals surface area contributed by atoms with Gasteiger partial charge in [-0.3, -0.25) is 4.68 Å². The zero-order valence-electron chi connectivity index (χ0n) is 16.3. The van der Waals surface area contributed by atoms with Gasteiger partial charge in [-0.05, 0) is 72.1 Å². The van der Waals surface area contributed by atoms with Crippen molar-refractivity contribution in [3.05, 3.63) is 53.2 Å². The summed E-state index contributed by atoms with van der Waals surface area (Å²) in [5.41, 5.74) is 8.31. The van der Waals surface area contributed by atoms with Crippen LogP contribution in [0.4, 0.5) is 0 Å². The standard InChI is InChI=1S/C23H30N2/c1-6-7-18-14-22(19(12-17(18)4)9-8-16(2)3)20-10-11-23-21(13-20)15-24-25(23)5/h10-16H,6-9H2,1-5H3. The minimum absolute atomic E-state index is 0.726. The molecule has 2 nitrogen and oxygen atoms in total. The molecule has 0 amide bonds. The summed E-state index contributed by atoms with van der Waals surface area (Å²) in [6.07, 6.45) is 6.68. The Labute approximate surface area is 151 Å². The van der Waals surface area contributed by atoms with E-state index in [1.165, 1.54) is 51.6 Å². The van der Waals surface area contributed by atoms with E-state index in [0.717, 1.165) is 18.8 Å². The molecular weight excluding hydrogens is 304 g/mol. The molecule has 1 aromatic heterocycles. The highest BCUT2D eigenvalue weighted by atomic mass is 15.2. The highest BCUT2D eigenvalue weighted by molar-refractivity contribution is 5.85. The first kappa shape index (κ1) is 17.7. The van der Waals surface area contributed by atoms with Crippen LogP contribution >= 0.6 is 0 Å². The van der Waals surface area contributed by atoms with Gasteiger partial charge in [-0.15, -0.1) is 0 Å². The zero-order valence-corrected chi connectivity index (χ0v) is 16.3. The van der Waals surface area contributed by atoms with Crippen LogP contribution in [0.15, 0.2) is 36.5 Å². The molecule has 0 bridgehead atoms. The summed E-state index contributed by atoms with van der Waals surface area (Å²) in [5.74, 6) is 0.726. The molecule has 0 spiro atoms. The molecule has 0 fully saturated rings. The molecule has 132 valence electrons. The van der Waals surface area contributed by atoms with E-state index in [2.05, 4.69) is 63.1 Å².